The lowest BCUT2D eigenvalue weighted by Crippen LogP contribution is -2.11. The van der Waals surface area contributed by atoms with Crippen molar-refractivity contribution >= 4 is 17.1 Å². The predicted molar refractivity (Wildman–Crippen MR) is 80.0 cm³/mol. The normalized spacial score (nSPS) is 11.6. The van der Waals surface area contributed by atoms with Gasteiger partial charge >= 0.3 is 0 Å². The number of carbonyl (C=O) groups is 1. The molecule has 0 amide bonds. The van der Waals surface area contributed by atoms with Crippen LogP contribution in [0.4, 0.5) is 0 Å². The highest BCUT2D eigenvalue weighted by molar-refractivity contribution is 7.13. The van der Waals surface area contributed by atoms with Crippen LogP contribution in [0.2, 0.25) is 0 Å². The molecule has 2 rings (SSSR count). The van der Waals surface area contributed by atoms with Crippen LogP contribution in [0.15, 0.2) is 30.5 Å². The SMILES string of the molecule is Cc1ncc(C(=O)Cc2ccc(C(C)(C)C)cc2)s1. The molecule has 1 heterocycles. The van der Waals surface area contributed by atoms with E-state index in [0.29, 0.717) is 6.42 Å². The van der Waals surface area contributed by atoms with E-state index in [9.17, 15) is 4.79 Å². The van der Waals surface area contributed by atoms with E-state index in [1.165, 1.54) is 16.9 Å². The molecule has 0 aliphatic rings. The Hall–Kier alpha value is -1.48. The maximum atomic E-state index is 12.1. The quantitative estimate of drug-likeness (QED) is 0.785. The summed E-state index contributed by atoms with van der Waals surface area (Å²) in [6.45, 7) is 8.48. The van der Waals surface area contributed by atoms with Gasteiger partial charge in [0.2, 0.25) is 0 Å². The number of rotatable bonds is 3. The molecular weight excluding hydrogens is 254 g/mol. The molecule has 3 heteroatoms. The van der Waals surface area contributed by atoms with Gasteiger partial charge in [0.05, 0.1) is 9.88 Å². The Balaban J connectivity index is 2.10. The van der Waals surface area contributed by atoms with E-state index in [-0.39, 0.29) is 11.2 Å². The zero-order chi connectivity index (χ0) is 14.0. The van der Waals surface area contributed by atoms with Crippen molar-refractivity contribution in [1.29, 1.82) is 0 Å². The molecule has 19 heavy (non-hydrogen) atoms. The van der Waals surface area contributed by atoms with Gasteiger partial charge in [0.15, 0.2) is 5.78 Å². The van der Waals surface area contributed by atoms with E-state index in [0.717, 1.165) is 15.4 Å². The van der Waals surface area contributed by atoms with Crippen LogP contribution in [0.25, 0.3) is 0 Å². The van der Waals surface area contributed by atoms with E-state index < -0.39 is 0 Å². The zero-order valence-corrected chi connectivity index (χ0v) is 12.7. The third-order valence-corrected chi connectivity index (χ3v) is 4.03. The zero-order valence-electron chi connectivity index (χ0n) is 11.9. The monoisotopic (exact) mass is 273 g/mol. The van der Waals surface area contributed by atoms with E-state index in [1.54, 1.807) is 6.20 Å². The molecule has 100 valence electrons. The Bertz CT molecular complexity index is 576. The van der Waals surface area contributed by atoms with Gasteiger partial charge in [-0.05, 0) is 23.5 Å². The van der Waals surface area contributed by atoms with Crippen molar-refractivity contribution in [3.05, 3.63) is 51.5 Å². The van der Waals surface area contributed by atoms with Crippen LogP contribution in [-0.4, -0.2) is 10.8 Å². The highest BCUT2D eigenvalue weighted by Crippen LogP contribution is 2.23. The molecule has 0 atom stereocenters. The molecule has 0 radical (unpaired) electrons. The Morgan fingerprint density at radius 3 is 2.32 bits per heavy atom. The molecular formula is C16H19NOS. The first-order valence-corrected chi connectivity index (χ1v) is 7.23. The largest absolute Gasteiger partial charge is 0.293 e. The van der Waals surface area contributed by atoms with Crippen LogP contribution in [0.3, 0.4) is 0 Å². The van der Waals surface area contributed by atoms with Crippen molar-refractivity contribution in [3.63, 3.8) is 0 Å². The molecule has 2 aromatic rings. The number of hydrogen-bond acceptors (Lipinski definition) is 3. The van der Waals surface area contributed by atoms with E-state index in [4.69, 9.17) is 0 Å². The van der Waals surface area contributed by atoms with Gasteiger partial charge in [-0.3, -0.25) is 4.79 Å². The van der Waals surface area contributed by atoms with Crippen molar-refractivity contribution < 1.29 is 4.79 Å². The van der Waals surface area contributed by atoms with E-state index in [1.807, 2.05) is 19.1 Å². The average molecular weight is 273 g/mol. The fourth-order valence-corrected chi connectivity index (χ4v) is 2.60. The Morgan fingerprint density at radius 1 is 1.21 bits per heavy atom. The summed E-state index contributed by atoms with van der Waals surface area (Å²) in [7, 11) is 0. The minimum Gasteiger partial charge on any atom is -0.293 e. The van der Waals surface area contributed by atoms with Crippen molar-refractivity contribution in [3.8, 4) is 0 Å². The lowest BCUT2D eigenvalue weighted by molar-refractivity contribution is 0.0996. The van der Waals surface area contributed by atoms with Gasteiger partial charge in [-0.25, -0.2) is 4.98 Å². The number of benzene rings is 1. The summed E-state index contributed by atoms with van der Waals surface area (Å²) < 4.78 is 0. The molecule has 0 aliphatic carbocycles. The molecule has 0 aliphatic heterocycles. The third-order valence-electron chi connectivity index (χ3n) is 3.08. The van der Waals surface area contributed by atoms with Crippen LogP contribution in [0.5, 0.6) is 0 Å². The number of hydrogen-bond donors (Lipinski definition) is 0. The summed E-state index contributed by atoms with van der Waals surface area (Å²) in [5.41, 5.74) is 2.50. The second kappa shape index (κ2) is 5.25. The van der Waals surface area contributed by atoms with Gasteiger partial charge in [-0.2, -0.15) is 0 Å². The highest BCUT2D eigenvalue weighted by atomic mass is 32.1. The third kappa shape index (κ3) is 3.51. The predicted octanol–water partition coefficient (Wildman–Crippen LogP) is 4.17. The molecule has 0 N–H and O–H groups in total. The molecule has 0 fully saturated rings. The first-order valence-electron chi connectivity index (χ1n) is 6.41. The average Bonchev–Trinajstić information content (AvgIpc) is 2.75. The van der Waals surface area contributed by atoms with Gasteiger partial charge in [0, 0.05) is 12.6 Å². The summed E-state index contributed by atoms with van der Waals surface area (Å²) >= 11 is 1.46. The standard InChI is InChI=1S/C16H19NOS/c1-11-17-10-15(19-11)14(18)9-12-5-7-13(8-6-12)16(2,3)4/h5-8,10H,9H2,1-4H3. The van der Waals surface area contributed by atoms with Crippen LogP contribution in [-0.2, 0) is 11.8 Å². The summed E-state index contributed by atoms with van der Waals surface area (Å²) in [5.74, 6) is 0.147. The van der Waals surface area contributed by atoms with Crippen LogP contribution >= 0.6 is 11.3 Å². The maximum Gasteiger partial charge on any atom is 0.178 e. The molecule has 1 aromatic heterocycles. The lowest BCUT2D eigenvalue weighted by Gasteiger charge is -2.19. The number of ketones is 1. The molecule has 0 bridgehead atoms. The minimum atomic E-state index is 0.147. The number of Topliss-reactive ketones (excluding diaryl/α,β-unsaturated/α-hetero) is 1. The Labute approximate surface area is 118 Å². The van der Waals surface area contributed by atoms with Gasteiger partial charge in [-0.15, -0.1) is 11.3 Å². The fraction of sp³-hybridized carbons (Fsp3) is 0.375. The van der Waals surface area contributed by atoms with Crippen LogP contribution in [0.1, 0.15) is 46.6 Å². The smallest absolute Gasteiger partial charge is 0.178 e. The second-order valence-electron chi connectivity index (χ2n) is 5.79. The van der Waals surface area contributed by atoms with Crippen molar-refractivity contribution in [2.24, 2.45) is 0 Å². The van der Waals surface area contributed by atoms with Gasteiger partial charge in [0.1, 0.15) is 0 Å². The highest BCUT2D eigenvalue weighted by Gasteiger charge is 2.14. The fourth-order valence-electron chi connectivity index (χ4n) is 1.89. The maximum absolute atomic E-state index is 12.1. The van der Waals surface area contributed by atoms with Gasteiger partial charge in [-0.1, -0.05) is 45.0 Å². The molecule has 0 spiro atoms. The first-order chi connectivity index (χ1) is 8.86. The van der Waals surface area contributed by atoms with Crippen molar-refractivity contribution in [1.82, 2.24) is 4.98 Å². The minimum absolute atomic E-state index is 0.147. The first kappa shape index (κ1) is 13.9. The second-order valence-corrected chi connectivity index (χ2v) is 7.03. The van der Waals surface area contributed by atoms with Crippen molar-refractivity contribution in [2.45, 2.75) is 39.5 Å². The van der Waals surface area contributed by atoms with Gasteiger partial charge in [0.25, 0.3) is 0 Å². The molecule has 0 saturated heterocycles. The topological polar surface area (TPSA) is 30.0 Å². The summed E-state index contributed by atoms with van der Waals surface area (Å²) in [5, 5.41) is 0.937. The number of carbonyl (C=O) groups excluding carboxylic acids is 1. The molecule has 1 aromatic carbocycles. The number of aryl methyl sites for hydroxylation is 1. The Morgan fingerprint density at radius 2 is 1.84 bits per heavy atom. The lowest BCUT2D eigenvalue weighted by atomic mass is 9.86. The summed E-state index contributed by atoms with van der Waals surface area (Å²) in [4.78, 5) is 17.0. The van der Waals surface area contributed by atoms with E-state index >= 15 is 0 Å². The van der Waals surface area contributed by atoms with Crippen LogP contribution in [0, 0.1) is 6.92 Å². The Kier molecular flexibility index (Phi) is 3.85. The molecule has 0 saturated carbocycles. The summed E-state index contributed by atoms with van der Waals surface area (Å²) in [6, 6.07) is 8.32. The summed E-state index contributed by atoms with van der Waals surface area (Å²) in [6.07, 6.45) is 2.12. The van der Waals surface area contributed by atoms with E-state index in [2.05, 4.69) is 37.9 Å². The van der Waals surface area contributed by atoms with Crippen LogP contribution < -0.4 is 0 Å². The van der Waals surface area contributed by atoms with Crippen molar-refractivity contribution in [2.75, 3.05) is 0 Å². The number of nitrogens with zero attached hydrogens (tertiary/aromatic N) is 1. The molecule has 2 nitrogen and oxygen atoms in total. The number of aromatic nitrogens is 1. The van der Waals surface area contributed by atoms with Gasteiger partial charge < -0.3 is 0 Å². The molecule has 0 unspecified atom stereocenters. The number of thiazole rings is 1.